The van der Waals surface area contributed by atoms with Crippen LogP contribution in [-0.2, 0) is 4.74 Å². The first-order chi connectivity index (χ1) is 4.29. The minimum Gasteiger partial charge on any atom is -0.365 e. The first kappa shape index (κ1) is 5.24. The molecule has 2 rings (SSSR count). The standard InChI is InChI=1S/C8H10O/c1-5(2)8-7-3-6(7)4-9-8/h8H,1,3-4H2,2H3/t8-/m0/s1. The molecule has 1 heteroatoms. The quantitative estimate of drug-likeness (QED) is 0.480. The first-order valence-electron chi connectivity index (χ1n) is 3.27. The van der Waals surface area contributed by atoms with E-state index in [0.717, 1.165) is 12.2 Å². The molecule has 1 atom stereocenters. The topological polar surface area (TPSA) is 9.23 Å². The van der Waals surface area contributed by atoms with Gasteiger partial charge in [0.1, 0.15) is 6.10 Å². The molecule has 0 bridgehead atoms. The highest BCUT2D eigenvalue weighted by molar-refractivity contribution is 5.45. The fraction of sp³-hybridized carbons (Fsp3) is 0.500. The van der Waals surface area contributed by atoms with Crippen molar-refractivity contribution in [3.63, 3.8) is 0 Å². The van der Waals surface area contributed by atoms with Crippen LogP contribution in [0.5, 0.6) is 0 Å². The zero-order chi connectivity index (χ0) is 6.43. The van der Waals surface area contributed by atoms with Crippen LogP contribution in [0.4, 0.5) is 0 Å². The van der Waals surface area contributed by atoms with Crippen LogP contribution in [0.3, 0.4) is 0 Å². The number of rotatable bonds is 1. The highest BCUT2D eigenvalue weighted by Crippen LogP contribution is 2.43. The van der Waals surface area contributed by atoms with Gasteiger partial charge in [-0.3, -0.25) is 0 Å². The molecule has 0 spiro atoms. The van der Waals surface area contributed by atoms with Crippen LogP contribution in [0.2, 0.25) is 0 Å². The lowest BCUT2D eigenvalue weighted by Gasteiger charge is -2.11. The minimum atomic E-state index is 0.292. The SMILES string of the molecule is C=C(C)[C@@H]1OCC2=C1C2. The van der Waals surface area contributed by atoms with Crippen molar-refractivity contribution in [1.29, 1.82) is 0 Å². The van der Waals surface area contributed by atoms with Crippen molar-refractivity contribution in [3.05, 3.63) is 23.3 Å². The second kappa shape index (κ2) is 1.48. The Hall–Kier alpha value is -0.560. The molecule has 0 amide bonds. The largest absolute Gasteiger partial charge is 0.365 e. The van der Waals surface area contributed by atoms with Gasteiger partial charge < -0.3 is 4.74 Å². The average Bonchev–Trinajstić information content (AvgIpc) is 2.43. The molecule has 0 N–H and O–H groups in total. The third kappa shape index (κ3) is 0.648. The Morgan fingerprint density at radius 2 is 2.56 bits per heavy atom. The van der Waals surface area contributed by atoms with Gasteiger partial charge in [0, 0.05) is 0 Å². The Morgan fingerprint density at radius 1 is 1.78 bits per heavy atom. The molecule has 1 heterocycles. The molecule has 0 radical (unpaired) electrons. The summed E-state index contributed by atoms with van der Waals surface area (Å²) in [5, 5.41) is 0. The molecule has 0 saturated carbocycles. The molecule has 1 nitrogen and oxygen atoms in total. The summed E-state index contributed by atoms with van der Waals surface area (Å²) in [5.41, 5.74) is 4.17. The van der Waals surface area contributed by atoms with Gasteiger partial charge in [0.15, 0.2) is 0 Å². The Morgan fingerprint density at radius 3 is 2.78 bits per heavy atom. The van der Waals surface area contributed by atoms with E-state index in [1.165, 1.54) is 17.6 Å². The van der Waals surface area contributed by atoms with Gasteiger partial charge in [0.05, 0.1) is 6.61 Å². The summed E-state index contributed by atoms with van der Waals surface area (Å²) in [4.78, 5) is 0. The molecule has 1 aliphatic heterocycles. The lowest BCUT2D eigenvalue weighted by Crippen LogP contribution is -2.10. The van der Waals surface area contributed by atoms with E-state index in [4.69, 9.17) is 4.74 Å². The third-order valence-electron chi connectivity index (χ3n) is 1.92. The Bertz CT molecular complexity index is 201. The van der Waals surface area contributed by atoms with E-state index in [1.807, 2.05) is 6.92 Å². The molecule has 1 aliphatic carbocycles. The Labute approximate surface area is 55.0 Å². The molecule has 0 fully saturated rings. The summed E-state index contributed by atoms with van der Waals surface area (Å²) in [6.07, 6.45) is 1.51. The van der Waals surface area contributed by atoms with Gasteiger partial charge in [-0.2, -0.15) is 0 Å². The van der Waals surface area contributed by atoms with E-state index in [0.29, 0.717) is 6.10 Å². The third-order valence-corrected chi connectivity index (χ3v) is 1.92. The van der Waals surface area contributed by atoms with Crippen molar-refractivity contribution in [3.8, 4) is 0 Å². The normalized spacial score (nSPS) is 30.6. The van der Waals surface area contributed by atoms with Crippen LogP contribution in [0.1, 0.15) is 13.3 Å². The highest BCUT2D eigenvalue weighted by atomic mass is 16.5. The van der Waals surface area contributed by atoms with E-state index in [2.05, 4.69) is 6.58 Å². The maximum absolute atomic E-state index is 5.40. The first-order valence-corrected chi connectivity index (χ1v) is 3.27. The molecule has 0 aromatic carbocycles. The molecule has 2 aliphatic rings. The molecule has 0 aromatic rings. The van der Waals surface area contributed by atoms with Crippen molar-refractivity contribution in [2.75, 3.05) is 6.61 Å². The van der Waals surface area contributed by atoms with Crippen LogP contribution in [0.25, 0.3) is 0 Å². The Balaban J connectivity index is 2.16. The van der Waals surface area contributed by atoms with Crippen LogP contribution in [0, 0.1) is 0 Å². The highest BCUT2D eigenvalue weighted by Gasteiger charge is 2.36. The van der Waals surface area contributed by atoms with E-state index in [9.17, 15) is 0 Å². The summed E-state index contributed by atoms with van der Waals surface area (Å²) < 4.78 is 5.40. The molecule has 0 unspecified atom stereocenters. The van der Waals surface area contributed by atoms with Crippen LogP contribution >= 0.6 is 0 Å². The Kier molecular flexibility index (Phi) is 0.862. The average molecular weight is 122 g/mol. The van der Waals surface area contributed by atoms with E-state index in [1.54, 1.807) is 0 Å². The van der Waals surface area contributed by atoms with Crippen molar-refractivity contribution in [1.82, 2.24) is 0 Å². The van der Waals surface area contributed by atoms with E-state index >= 15 is 0 Å². The zero-order valence-electron chi connectivity index (χ0n) is 5.61. The van der Waals surface area contributed by atoms with Gasteiger partial charge in [0.2, 0.25) is 0 Å². The summed E-state index contributed by atoms with van der Waals surface area (Å²) in [6.45, 7) is 6.75. The number of hydrogen-bond acceptors (Lipinski definition) is 1. The molecule has 0 aromatic heterocycles. The van der Waals surface area contributed by atoms with Gasteiger partial charge in [-0.25, -0.2) is 0 Å². The molecule has 0 saturated heterocycles. The van der Waals surface area contributed by atoms with Gasteiger partial charge in [-0.15, -0.1) is 0 Å². The van der Waals surface area contributed by atoms with Crippen LogP contribution < -0.4 is 0 Å². The maximum atomic E-state index is 5.40. The van der Waals surface area contributed by atoms with Gasteiger partial charge in [-0.05, 0) is 30.1 Å². The molecule has 48 valence electrons. The summed E-state index contributed by atoms with van der Waals surface area (Å²) in [7, 11) is 0. The molecule has 9 heavy (non-hydrogen) atoms. The summed E-state index contributed by atoms with van der Waals surface area (Å²) in [6, 6.07) is 0. The second-order valence-electron chi connectivity index (χ2n) is 2.84. The number of ether oxygens (including phenoxy) is 1. The van der Waals surface area contributed by atoms with Crippen molar-refractivity contribution < 1.29 is 4.74 Å². The summed E-state index contributed by atoms with van der Waals surface area (Å²) in [5.74, 6) is 0. The van der Waals surface area contributed by atoms with Crippen LogP contribution in [-0.4, -0.2) is 12.7 Å². The predicted octanol–water partition coefficient (Wildman–Crippen LogP) is 1.66. The van der Waals surface area contributed by atoms with Crippen LogP contribution in [0.15, 0.2) is 23.3 Å². The second-order valence-corrected chi connectivity index (χ2v) is 2.84. The fourth-order valence-corrected chi connectivity index (χ4v) is 1.33. The fourth-order valence-electron chi connectivity index (χ4n) is 1.33. The van der Waals surface area contributed by atoms with E-state index in [-0.39, 0.29) is 0 Å². The lowest BCUT2D eigenvalue weighted by atomic mass is 10.1. The van der Waals surface area contributed by atoms with Crippen molar-refractivity contribution in [2.45, 2.75) is 19.4 Å². The van der Waals surface area contributed by atoms with Gasteiger partial charge >= 0.3 is 0 Å². The zero-order valence-corrected chi connectivity index (χ0v) is 5.61. The predicted molar refractivity (Wildman–Crippen MR) is 36.2 cm³/mol. The van der Waals surface area contributed by atoms with Gasteiger partial charge in [0.25, 0.3) is 0 Å². The minimum absolute atomic E-state index is 0.292. The maximum Gasteiger partial charge on any atom is 0.100 e. The van der Waals surface area contributed by atoms with Crippen molar-refractivity contribution in [2.24, 2.45) is 0 Å². The molecular weight excluding hydrogens is 112 g/mol. The lowest BCUT2D eigenvalue weighted by molar-refractivity contribution is 0.135. The molecular formula is C8H10O. The number of hydrogen-bond donors (Lipinski definition) is 0. The summed E-state index contributed by atoms with van der Waals surface area (Å²) >= 11 is 0. The van der Waals surface area contributed by atoms with E-state index < -0.39 is 0 Å². The van der Waals surface area contributed by atoms with Gasteiger partial charge in [-0.1, -0.05) is 6.58 Å². The smallest absolute Gasteiger partial charge is 0.100 e. The monoisotopic (exact) mass is 122 g/mol. The van der Waals surface area contributed by atoms with Crippen molar-refractivity contribution >= 4 is 0 Å².